The summed E-state index contributed by atoms with van der Waals surface area (Å²) < 4.78 is 10.9. The van der Waals surface area contributed by atoms with Crippen molar-refractivity contribution < 1.29 is 14.4 Å². The number of hydrogen-bond acceptors (Lipinski definition) is 5. The van der Waals surface area contributed by atoms with Gasteiger partial charge in [0.1, 0.15) is 5.75 Å². The van der Waals surface area contributed by atoms with E-state index in [2.05, 4.69) is 15.0 Å². The maximum Gasteiger partial charge on any atom is 0.256 e. The summed E-state index contributed by atoms with van der Waals surface area (Å²) in [5.74, 6) is 1.38. The highest BCUT2D eigenvalue weighted by molar-refractivity contribution is 5.70. The van der Waals surface area contributed by atoms with Crippen LogP contribution in [0.5, 0.6) is 5.75 Å². The summed E-state index contributed by atoms with van der Waals surface area (Å²) in [6.45, 7) is 9.69. The molecule has 1 aliphatic rings. The van der Waals surface area contributed by atoms with Crippen LogP contribution in [0.4, 0.5) is 5.69 Å². The van der Waals surface area contributed by atoms with Gasteiger partial charge in [0.25, 0.3) is 5.89 Å². The van der Waals surface area contributed by atoms with E-state index in [1.165, 1.54) is 0 Å². The standard InChI is InChI=1S/C20H17N3O3/c1-3-25-18-10-7-12(11-16(18)21-2)20-22-19(23-26-20)15-6-4-5-14-13(15)8-9-17(14)24/h4-7,10-11,17,24H,3,8-9H2,1H3. The predicted molar refractivity (Wildman–Crippen MR) is 95.9 cm³/mol. The molecule has 0 bridgehead atoms. The Morgan fingerprint density at radius 2 is 2.23 bits per heavy atom. The molecule has 1 aliphatic carbocycles. The van der Waals surface area contributed by atoms with Crippen molar-refractivity contribution in [2.24, 2.45) is 0 Å². The Labute approximate surface area is 150 Å². The SMILES string of the molecule is [C-]#[N+]c1cc(-c2nc(-c3cccc4c3CCC4O)no2)ccc1OCC. The highest BCUT2D eigenvalue weighted by atomic mass is 16.5. The van der Waals surface area contributed by atoms with Gasteiger partial charge in [0.05, 0.1) is 19.3 Å². The molecule has 1 N–H and O–H groups in total. The first-order valence-corrected chi connectivity index (χ1v) is 8.50. The Morgan fingerprint density at radius 1 is 1.35 bits per heavy atom. The van der Waals surface area contributed by atoms with Gasteiger partial charge in [0, 0.05) is 11.1 Å². The molecular formula is C20H17N3O3. The molecule has 1 unspecified atom stereocenters. The van der Waals surface area contributed by atoms with Crippen molar-refractivity contribution in [1.29, 1.82) is 0 Å². The van der Waals surface area contributed by atoms with Crippen LogP contribution in [0.3, 0.4) is 0 Å². The molecular weight excluding hydrogens is 330 g/mol. The first-order chi connectivity index (χ1) is 12.7. The smallest absolute Gasteiger partial charge is 0.256 e. The third-order valence-corrected chi connectivity index (χ3v) is 4.53. The van der Waals surface area contributed by atoms with Crippen molar-refractivity contribution >= 4 is 5.69 Å². The number of ether oxygens (including phenoxy) is 1. The lowest BCUT2D eigenvalue weighted by Crippen LogP contribution is -1.93. The van der Waals surface area contributed by atoms with Crippen molar-refractivity contribution in [3.63, 3.8) is 0 Å². The molecule has 6 heteroatoms. The fraction of sp³-hybridized carbons (Fsp3) is 0.250. The van der Waals surface area contributed by atoms with Gasteiger partial charge in [-0.3, -0.25) is 0 Å². The first-order valence-electron chi connectivity index (χ1n) is 8.50. The van der Waals surface area contributed by atoms with Crippen LogP contribution in [-0.2, 0) is 6.42 Å². The Kier molecular flexibility index (Phi) is 4.15. The van der Waals surface area contributed by atoms with E-state index < -0.39 is 6.10 Å². The molecule has 2 aromatic carbocycles. The number of aliphatic hydroxyl groups excluding tert-OH is 1. The molecule has 6 nitrogen and oxygen atoms in total. The molecule has 26 heavy (non-hydrogen) atoms. The summed E-state index contributed by atoms with van der Waals surface area (Å²) in [6.07, 6.45) is 1.08. The van der Waals surface area contributed by atoms with E-state index in [4.69, 9.17) is 15.8 Å². The van der Waals surface area contributed by atoms with Crippen molar-refractivity contribution in [3.8, 4) is 28.6 Å². The first kappa shape index (κ1) is 16.3. The molecule has 0 amide bonds. The van der Waals surface area contributed by atoms with Crippen LogP contribution in [0, 0.1) is 6.57 Å². The van der Waals surface area contributed by atoms with E-state index in [1.54, 1.807) is 18.2 Å². The summed E-state index contributed by atoms with van der Waals surface area (Å²) in [6, 6.07) is 11.0. The van der Waals surface area contributed by atoms with Gasteiger partial charge in [0.2, 0.25) is 11.5 Å². The molecule has 4 rings (SSSR count). The van der Waals surface area contributed by atoms with E-state index >= 15 is 0 Å². The van der Waals surface area contributed by atoms with Gasteiger partial charge in [0.15, 0.2) is 0 Å². The lowest BCUT2D eigenvalue weighted by molar-refractivity contribution is 0.180. The molecule has 0 fully saturated rings. The summed E-state index contributed by atoms with van der Waals surface area (Å²) >= 11 is 0. The molecule has 1 aromatic heterocycles. The Morgan fingerprint density at radius 3 is 3.04 bits per heavy atom. The number of nitrogens with zero attached hydrogens (tertiary/aromatic N) is 3. The average molecular weight is 347 g/mol. The molecule has 0 spiro atoms. The van der Waals surface area contributed by atoms with Crippen LogP contribution >= 0.6 is 0 Å². The number of aliphatic hydroxyl groups is 1. The topological polar surface area (TPSA) is 72.7 Å². The normalized spacial score (nSPS) is 15.5. The van der Waals surface area contributed by atoms with Crippen LogP contribution in [0.25, 0.3) is 27.7 Å². The lowest BCUT2D eigenvalue weighted by Gasteiger charge is -2.06. The van der Waals surface area contributed by atoms with Gasteiger partial charge < -0.3 is 14.4 Å². The average Bonchev–Trinajstić information content (AvgIpc) is 3.30. The van der Waals surface area contributed by atoms with E-state index in [-0.39, 0.29) is 0 Å². The zero-order chi connectivity index (χ0) is 18.1. The Hall–Kier alpha value is -3.17. The molecule has 0 radical (unpaired) electrons. The minimum Gasteiger partial charge on any atom is -0.505 e. The van der Waals surface area contributed by atoms with Crippen molar-refractivity contribution in [3.05, 3.63) is 58.9 Å². The van der Waals surface area contributed by atoms with E-state index in [1.807, 2.05) is 25.1 Å². The molecule has 130 valence electrons. The van der Waals surface area contributed by atoms with Crippen molar-refractivity contribution in [2.45, 2.75) is 25.9 Å². The number of hydrogen-bond donors (Lipinski definition) is 1. The highest BCUT2D eigenvalue weighted by Gasteiger charge is 2.25. The number of aromatic nitrogens is 2. The van der Waals surface area contributed by atoms with E-state index in [9.17, 15) is 5.11 Å². The van der Waals surface area contributed by atoms with Crippen LogP contribution in [0.2, 0.25) is 0 Å². The predicted octanol–water partition coefficient (Wildman–Crippen LogP) is 4.33. The van der Waals surface area contributed by atoms with Crippen LogP contribution in [-0.4, -0.2) is 21.9 Å². The highest BCUT2D eigenvalue weighted by Crippen LogP contribution is 2.38. The number of benzene rings is 2. The van der Waals surface area contributed by atoms with Crippen LogP contribution in [0.1, 0.15) is 30.6 Å². The van der Waals surface area contributed by atoms with Gasteiger partial charge in [-0.2, -0.15) is 4.98 Å². The fourth-order valence-electron chi connectivity index (χ4n) is 3.31. The minimum atomic E-state index is -0.427. The summed E-state index contributed by atoms with van der Waals surface area (Å²) in [5.41, 5.74) is 3.97. The quantitative estimate of drug-likeness (QED) is 0.711. The monoisotopic (exact) mass is 347 g/mol. The summed E-state index contributed by atoms with van der Waals surface area (Å²) in [5, 5.41) is 14.2. The molecule has 1 heterocycles. The number of fused-ring (bicyclic) bond motifs is 1. The van der Waals surface area contributed by atoms with E-state index in [0.717, 1.165) is 23.1 Å². The second-order valence-electron chi connectivity index (χ2n) is 6.08. The van der Waals surface area contributed by atoms with Crippen molar-refractivity contribution in [2.75, 3.05) is 6.61 Å². The van der Waals surface area contributed by atoms with Crippen LogP contribution < -0.4 is 4.74 Å². The summed E-state index contributed by atoms with van der Waals surface area (Å²) in [4.78, 5) is 8.00. The lowest BCUT2D eigenvalue weighted by atomic mass is 10.0. The van der Waals surface area contributed by atoms with Gasteiger partial charge in [-0.25, -0.2) is 4.85 Å². The van der Waals surface area contributed by atoms with E-state index in [0.29, 0.717) is 41.7 Å². The maximum atomic E-state index is 10.1. The zero-order valence-electron chi connectivity index (χ0n) is 14.3. The molecule has 3 aromatic rings. The minimum absolute atomic E-state index is 0.351. The number of rotatable bonds is 4. The largest absolute Gasteiger partial charge is 0.505 e. The third kappa shape index (κ3) is 2.72. The van der Waals surface area contributed by atoms with Crippen molar-refractivity contribution in [1.82, 2.24) is 10.1 Å². The van der Waals surface area contributed by atoms with Gasteiger partial charge in [-0.15, -0.1) is 0 Å². The zero-order valence-corrected chi connectivity index (χ0v) is 14.3. The van der Waals surface area contributed by atoms with Gasteiger partial charge in [-0.1, -0.05) is 23.4 Å². The Bertz CT molecular complexity index is 1000. The Balaban J connectivity index is 1.71. The van der Waals surface area contributed by atoms with Crippen LogP contribution in [0.15, 0.2) is 40.9 Å². The molecule has 0 saturated heterocycles. The second kappa shape index (κ2) is 6.62. The molecule has 1 atom stereocenters. The molecule has 0 aliphatic heterocycles. The second-order valence-corrected chi connectivity index (χ2v) is 6.08. The molecule has 0 saturated carbocycles. The maximum absolute atomic E-state index is 10.1. The van der Waals surface area contributed by atoms with Gasteiger partial charge >= 0.3 is 0 Å². The summed E-state index contributed by atoms with van der Waals surface area (Å²) in [7, 11) is 0. The third-order valence-electron chi connectivity index (χ3n) is 4.53. The fourth-order valence-corrected chi connectivity index (χ4v) is 3.31. The van der Waals surface area contributed by atoms with Gasteiger partial charge in [-0.05, 0) is 49.1 Å².